The summed E-state index contributed by atoms with van der Waals surface area (Å²) in [5.74, 6) is 0.321. The molecule has 0 bridgehead atoms. The second-order valence-electron chi connectivity index (χ2n) is 1.74. The summed E-state index contributed by atoms with van der Waals surface area (Å²) in [6, 6.07) is 1.72. The number of hydrogen-bond acceptors (Lipinski definition) is 1. The molecule has 44 valence electrons. The van der Waals surface area contributed by atoms with Crippen molar-refractivity contribution in [3.63, 3.8) is 0 Å². The maximum Gasteiger partial charge on any atom is 0.133 e. The monoisotopic (exact) mass is 111 g/mol. The molecule has 2 heteroatoms. The molecule has 2 N–H and O–H groups in total. The van der Waals surface area contributed by atoms with Crippen molar-refractivity contribution in [1.29, 1.82) is 0 Å². The molecule has 1 heterocycles. The van der Waals surface area contributed by atoms with E-state index in [-0.39, 0.29) is 0 Å². The summed E-state index contributed by atoms with van der Waals surface area (Å²) in [6.07, 6.45) is 2.53. The third-order valence-electron chi connectivity index (χ3n) is 1.11. The summed E-state index contributed by atoms with van der Waals surface area (Å²) in [5, 5.41) is 8.75. The Balaban J connectivity index is 2.84. The molecular weight excluding hydrogens is 102 g/mol. The normalized spacial score (nSPS) is 9.62. The summed E-state index contributed by atoms with van der Waals surface area (Å²) in [6.45, 7) is 2.03. The predicted octanol–water partition coefficient (Wildman–Crippen LogP) is 1.28. The van der Waals surface area contributed by atoms with E-state index in [2.05, 4.69) is 4.98 Å². The summed E-state index contributed by atoms with van der Waals surface area (Å²) >= 11 is 0. The first-order chi connectivity index (χ1) is 3.83. The molecule has 0 aliphatic rings. The van der Waals surface area contributed by atoms with Gasteiger partial charge in [-0.2, -0.15) is 0 Å². The molecule has 0 saturated heterocycles. The van der Waals surface area contributed by atoms with Gasteiger partial charge >= 0.3 is 0 Å². The fraction of sp³-hybridized carbons (Fsp3) is 0.333. The zero-order chi connectivity index (χ0) is 5.98. The molecule has 1 aromatic heterocycles. The zero-order valence-corrected chi connectivity index (χ0v) is 4.81. The predicted molar refractivity (Wildman–Crippen MR) is 31.8 cm³/mol. The molecule has 0 radical (unpaired) electrons. The number of aromatic hydroxyl groups is 1. The Morgan fingerprint density at radius 1 is 1.75 bits per heavy atom. The van der Waals surface area contributed by atoms with Crippen molar-refractivity contribution >= 4 is 0 Å². The number of aromatic amines is 1. The van der Waals surface area contributed by atoms with Gasteiger partial charge in [-0.1, -0.05) is 6.92 Å². The summed E-state index contributed by atoms with van der Waals surface area (Å²) in [7, 11) is 0. The topological polar surface area (TPSA) is 36.0 Å². The highest BCUT2D eigenvalue weighted by atomic mass is 16.3. The molecule has 0 atom stereocenters. The number of H-pyrrole nitrogens is 1. The van der Waals surface area contributed by atoms with Gasteiger partial charge in [0.1, 0.15) is 5.75 Å². The Bertz CT molecular complexity index is 169. The molecule has 1 rings (SSSR count). The minimum Gasteiger partial charge on any atom is -0.506 e. The van der Waals surface area contributed by atoms with E-state index < -0.39 is 0 Å². The van der Waals surface area contributed by atoms with Crippen LogP contribution in [0.4, 0.5) is 0 Å². The maximum absolute atomic E-state index is 8.75. The minimum atomic E-state index is 0.321. The second kappa shape index (κ2) is 1.90. The highest BCUT2D eigenvalue weighted by molar-refractivity contribution is 5.20. The van der Waals surface area contributed by atoms with Crippen molar-refractivity contribution in [2.45, 2.75) is 13.3 Å². The Labute approximate surface area is 48.2 Å². The van der Waals surface area contributed by atoms with E-state index in [0.717, 1.165) is 12.1 Å². The molecule has 1 aromatic rings. The van der Waals surface area contributed by atoms with Crippen LogP contribution in [0.5, 0.6) is 5.75 Å². The zero-order valence-electron chi connectivity index (χ0n) is 4.81. The van der Waals surface area contributed by atoms with Crippen LogP contribution in [-0.4, -0.2) is 10.1 Å². The van der Waals surface area contributed by atoms with Crippen LogP contribution >= 0.6 is 0 Å². The SMILES string of the molecule is CCc1cc(O)c[nH]1. The lowest BCUT2D eigenvalue weighted by molar-refractivity contribution is 0.476. The third kappa shape index (κ3) is 0.832. The Kier molecular flexibility index (Phi) is 1.24. The summed E-state index contributed by atoms with van der Waals surface area (Å²) < 4.78 is 0. The molecule has 8 heavy (non-hydrogen) atoms. The average molecular weight is 111 g/mol. The lowest BCUT2D eigenvalue weighted by atomic mass is 10.3. The molecule has 0 saturated carbocycles. The van der Waals surface area contributed by atoms with Crippen LogP contribution in [0.25, 0.3) is 0 Å². The van der Waals surface area contributed by atoms with Crippen LogP contribution in [0.15, 0.2) is 12.3 Å². The van der Waals surface area contributed by atoms with E-state index in [4.69, 9.17) is 5.11 Å². The van der Waals surface area contributed by atoms with Crippen molar-refractivity contribution in [3.05, 3.63) is 18.0 Å². The second-order valence-corrected chi connectivity index (χ2v) is 1.74. The molecule has 0 aliphatic carbocycles. The molecule has 0 fully saturated rings. The van der Waals surface area contributed by atoms with Crippen LogP contribution in [-0.2, 0) is 6.42 Å². The van der Waals surface area contributed by atoms with E-state index in [1.54, 1.807) is 12.3 Å². The van der Waals surface area contributed by atoms with Gasteiger partial charge in [-0.25, -0.2) is 0 Å². The minimum absolute atomic E-state index is 0.321. The van der Waals surface area contributed by atoms with Crippen LogP contribution in [0.3, 0.4) is 0 Å². The van der Waals surface area contributed by atoms with Crippen molar-refractivity contribution in [2.24, 2.45) is 0 Å². The van der Waals surface area contributed by atoms with Crippen molar-refractivity contribution in [1.82, 2.24) is 4.98 Å². The Morgan fingerprint density at radius 2 is 2.50 bits per heavy atom. The van der Waals surface area contributed by atoms with E-state index in [1.807, 2.05) is 6.92 Å². The van der Waals surface area contributed by atoms with Crippen molar-refractivity contribution in [3.8, 4) is 5.75 Å². The number of aromatic nitrogens is 1. The van der Waals surface area contributed by atoms with Gasteiger partial charge in [-0.05, 0) is 6.42 Å². The van der Waals surface area contributed by atoms with Gasteiger partial charge in [-0.3, -0.25) is 0 Å². The van der Waals surface area contributed by atoms with Crippen LogP contribution in [0.1, 0.15) is 12.6 Å². The van der Waals surface area contributed by atoms with Crippen molar-refractivity contribution < 1.29 is 5.11 Å². The first kappa shape index (κ1) is 5.22. The van der Waals surface area contributed by atoms with Crippen LogP contribution in [0, 0.1) is 0 Å². The molecule has 0 aliphatic heterocycles. The van der Waals surface area contributed by atoms with E-state index in [0.29, 0.717) is 5.75 Å². The average Bonchev–Trinajstić information content (AvgIpc) is 2.14. The molecule has 0 spiro atoms. The lowest BCUT2D eigenvalue weighted by Crippen LogP contribution is -1.73. The first-order valence-electron chi connectivity index (χ1n) is 2.69. The lowest BCUT2D eigenvalue weighted by Gasteiger charge is -1.81. The van der Waals surface area contributed by atoms with Gasteiger partial charge in [0.05, 0.1) is 0 Å². The molecule has 0 aromatic carbocycles. The standard InChI is InChI=1S/C6H9NO/c1-2-5-3-6(8)4-7-5/h3-4,7-8H,2H2,1H3. The smallest absolute Gasteiger partial charge is 0.133 e. The maximum atomic E-state index is 8.75. The first-order valence-corrected chi connectivity index (χ1v) is 2.69. The van der Waals surface area contributed by atoms with Gasteiger partial charge in [0.2, 0.25) is 0 Å². The van der Waals surface area contributed by atoms with Gasteiger partial charge in [0, 0.05) is 18.0 Å². The van der Waals surface area contributed by atoms with Gasteiger partial charge < -0.3 is 10.1 Å². The van der Waals surface area contributed by atoms with E-state index in [9.17, 15) is 0 Å². The highest BCUT2D eigenvalue weighted by Crippen LogP contribution is 2.08. The molecule has 2 nitrogen and oxygen atoms in total. The fourth-order valence-electron chi connectivity index (χ4n) is 0.633. The highest BCUT2D eigenvalue weighted by Gasteiger charge is 1.90. The Morgan fingerprint density at radius 3 is 2.75 bits per heavy atom. The summed E-state index contributed by atoms with van der Waals surface area (Å²) in [4.78, 5) is 2.91. The largest absolute Gasteiger partial charge is 0.506 e. The Hall–Kier alpha value is -0.920. The number of nitrogens with one attached hydrogen (secondary N) is 1. The van der Waals surface area contributed by atoms with E-state index in [1.165, 1.54) is 0 Å². The van der Waals surface area contributed by atoms with Crippen LogP contribution < -0.4 is 0 Å². The molecular formula is C6H9NO. The van der Waals surface area contributed by atoms with Gasteiger partial charge in [0.25, 0.3) is 0 Å². The van der Waals surface area contributed by atoms with E-state index >= 15 is 0 Å². The van der Waals surface area contributed by atoms with Crippen LogP contribution in [0.2, 0.25) is 0 Å². The molecule has 0 unspecified atom stereocenters. The van der Waals surface area contributed by atoms with Gasteiger partial charge in [0.15, 0.2) is 0 Å². The number of aryl methyl sites for hydroxylation is 1. The molecule has 0 amide bonds. The van der Waals surface area contributed by atoms with Gasteiger partial charge in [-0.15, -0.1) is 0 Å². The third-order valence-corrected chi connectivity index (χ3v) is 1.11. The summed E-state index contributed by atoms with van der Waals surface area (Å²) in [5.41, 5.74) is 1.07. The fourth-order valence-corrected chi connectivity index (χ4v) is 0.633. The van der Waals surface area contributed by atoms with Crippen molar-refractivity contribution in [2.75, 3.05) is 0 Å². The number of hydrogen-bond donors (Lipinski definition) is 2. The number of rotatable bonds is 1. The quantitative estimate of drug-likeness (QED) is 0.562.